The molecule has 0 unspecified atom stereocenters. The first-order valence-corrected chi connectivity index (χ1v) is 18.9. The topological polar surface area (TPSA) is 16.1 Å². The van der Waals surface area contributed by atoms with Crippen molar-refractivity contribution in [3.63, 3.8) is 0 Å². The predicted octanol–water partition coefficient (Wildman–Crippen LogP) is 14.7. The summed E-state index contributed by atoms with van der Waals surface area (Å²) in [6.45, 7) is 0. The van der Waals surface area contributed by atoms with Gasteiger partial charge in [0.15, 0.2) is 0 Å². The van der Waals surface area contributed by atoms with Crippen LogP contribution in [-0.4, -0.2) is 4.98 Å². The van der Waals surface area contributed by atoms with Crippen molar-refractivity contribution in [1.29, 1.82) is 0 Å². The molecule has 2 heteroatoms. The molecule has 1 aromatic heterocycles. The molecular weight excluding hydrogens is 665 g/mol. The lowest BCUT2D eigenvalue weighted by Crippen LogP contribution is -2.11. The largest absolute Gasteiger partial charge is 0.295 e. The average Bonchev–Trinajstić information content (AvgIpc) is 3.59. The van der Waals surface area contributed by atoms with Crippen LogP contribution in [0, 0.1) is 0 Å². The van der Waals surface area contributed by atoms with Crippen molar-refractivity contribution in [3.05, 3.63) is 206 Å². The highest BCUT2D eigenvalue weighted by Crippen LogP contribution is 2.58. The Hall–Kier alpha value is -7.29. The second kappa shape index (κ2) is 12.7. The number of hydrogen-bond acceptors (Lipinski definition) is 2. The summed E-state index contributed by atoms with van der Waals surface area (Å²) >= 11 is 0. The zero-order chi connectivity index (χ0) is 36.3. The Kier molecular flexibility index (Phi) is 7.21. The van der Waals surface area contributed by atoms with Gasteiger partial charge in [0.2, 0.25) is 0 Å². The molecule has 0 atom stereocenters. The van der Waals surface area contributed by atoms with E-state index in [-0.39, 0.29) is 0 Å². The van der Waals surface area contributed by atoms with Crippen molar-refractivity contribution >= 4 is 49.5 Å². The Labute approximate surface area is 320 Å². The summed E-state index contributed by atoms with van der Waals surface area (Å²) in [4.78, 5) is 7.17. The van der Waals surface area contributed by atoms with Gasteiger partial charge in [0.25, 0.3) is 0 Å². The van der Waals surface area contributed by atoms with Crippen LogP contribution in [0.5, 0.6) is 0 Å². The number of para-hydroxylation sites is 1. The number of anilines is 3. The van der Waals surface area contributed by atoms with Gasteiger partial charge in [0, 0.05) is 23.0 Å². The van der Waals surface area contributed by atoms with Gasteiger partial charge in [0.05, 0.1) is 0 Å². The van der Waals surface area contributed by atoms with E-state index in [1.165, 1.54) is 77.2 Å². The van der Waals surface area contributed by atoms with Crippen LogP contribution in [0.3, 0.4) is 0 Å². The van der Waals surface area contributed by atoms with Crippen molar-refractivity contribution in [2.45, 2.75) is 0 Å². The van der Waals surface area contributed by atoms with Gasteiger partial charge in [0.1, 0.15) is 5.82 Å². The predicted molar refractivity (Wildman–Crippen MR) is 232 cm³/mol. The van der Waals surface area contributed by atoms with Crippen LogP contribution < -0.4 is 4.90 Å². The maximum Gasteiger partial charge on any atom is 0.138 e. The van der Waals surface area contributed by atoms with Crippen molar-refractivity contribution in [1.82, 2.24) is 4.98 Å². The fourth-order valence-corrected chi connectivity index (χ4v) is 8.84. The lowest BCUT2D eigenvalue weighted by Gasteiger charge is -2.25. The number of nitrogens with zero attached hydrogens (tertiary/aromatic N) is 2. The highest BCUT2D eigenvalue weighted by Gasteiger charge is 2.31. The van der Waals surface area contributed by atoms with E-state index in [0.29, 0.717) is 0 Å². The Bertz CT molecular complexity index is 2970. The third kappa shape index (κ3) is 5.00. The third-order valence-corrected chi connectivity index (χ3v) is 11.2. The SMILES string of the molecule is c1ccc(-c2c3c(c(-c4ccccc4)c4ccccc24)-c2ccc(-c4ccc(N(c5ccccc5)c5cc6ccccc6cn5)cc4)c4cccc-3c24)cc1. The highest BCUT2D eigenvalue weighted by atomic mass is 15.2. The minimum absolute atomic E-state index is 0.886. The fourth-order valence-electron chi connectivity index (χ4n) is 8.84. The molecule has 0 radical (unpaired) electrons. The molecule has 0 bridgehead atoms. The monoisotopic (exact) mass is 698 g/mol. The molecule has 10 aromatic rings. The van der Waals surface area contributed by atoms with Crippen LogP contribution in [-0.2, 0) is 0 Å². The molecule has 0 fully saturated rings. The molecular formula is C53H34N2. The van der Waals surface area contributed by atoms with Crippen molar-refractivity contribution in [2.75, 3.05) is 4.90 Å². The molecule has 1 heterocycles. The minimum atomic E-state index is 0.886. The molecule has 0 aliphatic heterocycles. The summed E-state index contributed by atoms with van der Waals surface area (Å²) < 4.78 is 0. The van der Waals surface area contributed by atoms with Crippen molar-refractivity contribution < 1.29 is 0 Å². The Morgan fingerprint density at radius 1 is 0.327 bits per heavy atom. The molecule has 1 aliphatic carbocycles. The summed E-state index contributed by atoms with van der Waals surface area (Å²) in [5.41, 5.74) is 14.8. The van der Waals surface area contributed by atoms with Crippen LogP contribution in [0.15, 0.2) is 206 Å². The number of fused-ring (bicyclic) bond motifs is 5. The second-order valence-electron chi connectivity index (χ2n) is 14.3. The summed E-state index contributed by atoms with van der Waals surface area (Å²) in [6.07, 6.45) is 1.97. The van der Waals surface area contributed by atoms with E-state index in [0.717, 1.165) is 28.0 Å². The van der Waals surface area contributed by atoms with Gasteiger partial charge in [-0.15, -0.1) is 0 Å². The molecule has 0 amide bonds. The van der Waals surface area contributed by atoms with E-state index in [1.54, 1.807) is 0 Å². The van der Waals surface area contributed by atoms with E-state index in [1.807, 2.05) is 6.20 Å². The van der Waals surface area contributed by atoms with Crippen LogP contribution in [0.1, 0.15) is 0 Å². The zero-order valence-corrected chi connectivity index (χ0v) is 30.0. The molecule has 55 heavy (non-hydrogen) atoms. The smallest absolute Gasteiger partial charge is 0.138 e. The summed E-state index contributed by atoms with van der Waals surface area (Å²) in [7, 11) is 0. The van der Waals surface area contributed by atoms with E-state index in [9.17, 15) is 0 Å². The van der Waals surface area contributed by atoms with Gasteiger partial charge >= 0.3 is 0 Å². The maximum atomic E-state index is 4.93. The number of aromatic nitrogens is 1. The van der Waals surface area contributed by atoms with Crippen molar-refractivity contribution in [2.24, 2.45) is 0 Å². The molecule has 9 aromatic carbocycles. The first-order chi connectivity index (χ1) is 27.3. The highest BCUT2D eigenvalue weighted by molar-refractivity contribution is 6.28. The number of rotatable bonds is 6. The van der Waals surface area contributed by atoms with Crippen molar-refractivity contribution in [3.8, 4) is 55.6 Å². The second-order valence-corrected chi connectivity index (χ2v) is 14.3. The van der Waals surface area contributed by atoms with Gasteiger partial charge in [-0.2, -0.15) is 0 Å². The maximum absolute atomic E-state index is 4.93. The van der Waals surface area contributed by atoms with Gasteiger partial charge in [-0.3, -0.25) is 4.90 Å². The van der Waals surface area contributed by atoms with E-state index in [2.05, 4.69) is 205 Å². The molecule has 256 valence electrons. The van der Waals surface area contributed by atoms with E-state index < -0.39 is 0 Å². The summed E-state index contributed by atoms with van der Waals surface area (Å²) in [6, 6.07) is 72.4. The molecule has 0 N–H and O–H groups in total. The molecule has 0 spiro atoms. The van der Waals surface area contributed by atoms with E-state index in [4.69, 9.17) is 4.98 Å². The molecule has 0 saturated carbocycles. The van der Waals surface area contributed by atoms with Crippen LogP contribution in [0.4, 0.5) is 17.2 Å². The van der Waals surface area contributed by atoms with Gasteiger partial charge in [-0.25, -0.2) is 4.98 Å². The first kappa shape index (κ1) is 31.3. The first-order valence-electron chi connectivity index (χ1n) is 18.9. The van der Waals surface area contributed by atoms with E-state index >= 15 is 0 Å². The summed E-state index contributed by atoms with van der Waals surface area (Å²) in [5, 5.41) is 7.42. The minimum Gasteiger partial charge on any atom is -0.295 e. The normalized spacial score (nSPS) is 11.6. The lowest BCUT2D eigenvalue weighted by atomic mass is 9.82. The molecule has 0 saturated heterocycles. The zero-order valence-electron chi connectivity index (χ0n) is 30.0. The van der Waals surface area contributed by atoms with Crippen LogP contribution >= 0.6 is 0 Å². The Morgan fingerprint density at radius 3 is 1.49 bits per heavy atom. The van der Waals surface area contributed by atoms with Gasteiger partial charge in [-0.05, 0) is 113 Å². The Balaban J connectivity index is 1.10. The summed E-state index contributed by atoms with van der Waals surface area (Å²) in [5.74, 6) is 0.886. The standard InChI is InChI=1S/C53H34N2/c1-4-15-36(16-5-1)49-44-23-12-13-24-45(44)50(37-17-6-2-7-18-37)53-47-32-31-42(43-25-14-26-46(51(43)47)52(49)53)35-27-29-41(30-28-35)55(40-21-8-3-9-22-40)48-33-38-19-10-11-20-39(38)34-54-48/h1-34H. The van der Waals surface area contributed by atoms with Gasteiger partial charge in [-0.1, -0.05) is 170 Å². The third-order valence-electron chi connectivity index (χ3n) is 11.2. The quantitative estimate of drug-likeness (QED) is 0.172. The van der Waals surface area contributed by atoms with Gasteiger partial charge < -0.3 is 0 Å². The van der Waals surface area contributed by atoms with Crippen LogP contribution in [0.2, 0.25) is 0 Å². The average molecular weight is 699 g/mol. The Morgan fingerprint density at radius 2 is 0.836 bits per heavy atom. The molecule has 11 rings (SSSR count). The lowest BCUT2D eigenvalue weighted by molar-refractivity contribution is 1.19. The number of hydrogen-bond donors (Lipinski definition) is 0. The number of benzene rings is 9. The molecule has 2 nitrogen and oxygen atoms in total. The fraction of sp³-hybridized carbons (Fsp3) is 0. The molecule has 1 aliphatic rings. The number of pyridine rings is 1. The van der Waals surface area contributed by atoms with Crippen LogP contribution in [0.25, 0.3) is 88.0 Å².